The molecule has 10 heteroatoms. The zero-order chi connectivity index (χ0) is 25.3. The number of carbonyl (C=O) groups excluding carboxylic acids is 3. The van der Waals surface area contributed by atoms with E-state index in [0.29, 0.717) is 17.0 Å². The predicted molar refractivity (Wildman–Crippen MR) is 125 cm³/mol. The van der Waals surface area contributed by atoms with Gasteiger partial charge in [-0.2, -0.15) is 0 Å². The van der Waals surface area contributed by atoms with Crippen LogP contribution in [-0.4, -0.2) is 47.1 Å². The van der Waals surface area contributed by atoms with E-state index in [9.17, 15) is 18.8 Å². The Hall–Kier alpha value is -4.21. The molecule has 0 bridgehead atoms. The predicted octanol–water partition coefficient (Wildman–Crippen LogP) is 2.86. The van der Waals surface area contributed by atoms with Gasteiger partial charge < -0.3 is 19.4 Å². The second-order valence-electron chi connectivity index (χ2n) is 8.40. The normalized spacial score (nSPS) is 17.1. The van der Waals surface area contributed by atoms with Crippen molar-refractivity contribution in [3.05, 3.63) is 77.1 Å². The number of benzene rings is 2. The number of esters is 1. The number of amides is 2. The molecule has 182 valence electrons. The average Bonchev–Trinajstić information content (AvgIpc) is 3.27. The van der Waals surface area contributed by atoms with Crippen molar-refractivity contribution in [1.82, 2.24) is 14.9 Å². The Morgan fingerprint density at radius 1 is 1.20 bits per heavy atom. The fraction of sp³-hybridized carbons (Fsp3) is 0.280. The number of aryl methyl sites for hydroxylation is 1. The van der Waals surface area contributed by atoms with Crippen molar-refractivity contribution in [2.75, 3.05) is 19.1 Å². The second kappa shape index (κ2) is 9.21. The Kier molecular flexibility index (Phi) is 6.29. The fourth-order valence-electron chi connectivity index (χ4n) is 4.34. The zero-order valence-electron chi connectivity index (χ0n) is 19.8. The number of halogens is 1. The smallest absolute Gasteiger partial charge is 0.359 e. The molecule has 4 rings (SSSR count). The van der Waals surface area contributed by atoms with Gasteiger partial charge in [0.25, 0.3) is 5.91 Å². The molecule has 1 aromatic heterocycles. The first-order valence-corrected chi connectivity index (χ1v) is 10.9. The van der Waals surface area contributed by atoms with Crippen molar-refractivity contribution in [3.8, 4) is 5.75 Å². The molecule has 1 aliphatic rings. The van der Waals surface area contributed by atoms with Gasteiger partial charge in [0.2, 0.25) is 5.91 Å². The van der Waals surface area contributed by atoms with Gasteiger partial charge in [-0.15, -0.1) is 0 Å². The number of carbonyl (C=O) groups is 3. The minimum Gasteiger partial charge on any atom is -0.496 e. The van der Waals surface area contributed by atoms with Crippen LogP contribution in [0.3, 0.4) is 0 Å². The van der Waals surface area contributed by atoms with E-state index < -0.39 is 29.1 Å². The highest BCUT2D eigenvalue weighted by atomic mass is 19.1. The Bertz CT molecular complexity index is 1320. The van der Waals surface area contributed by atoms with E-state index in [1.54, 1.807) is 27.0 Å². The third-order valence-electron chi connectivity index (χ3n) is 6.11. The molecule has 0 saturated carbocycles. The van der Waals surface area contributed by atoms with Crippen LogP contribution in [0.1, 0.15) is 39.0 Å². The summed E-state index contributed by atoms with van der Waals surface area (Å²) in [6.45, 7) is 3.43. The molecule has 1 N–H and O–H groups in total. The van der Waals surface area contributed by atoms with Crippen molar-refractivity contribution >= 4 is 23.5 Å². The van der Waals surface area contributed by atoms with Gasteiger partial charge in [-0.1, -0.05) is 18.2 Å². The van der Waals surface area contributed by atoms with Gasteiger partial charge in [0, 0.05) is 17.8 Å². The molecule has 1 aliphatic heterocycles. The number of ether oxygens (including phenoxy) is 2. The molecule has 2 amide bonds. The lowest BCUT2D eigenvalue weighted by atomic mass is 9.92. The fourth-order valence-corrected chi connectivity index (χ4v) is 4.34. The molecule has 3 aromatic rings. The van der Waals surface area contributed by atoms with Crippen molar-refractivity contribution in [2.24, 2.45) is 0 Å². The molecule has 9 nitrogen and oxygen atoms in total. The molecule has 2 aromatic carbocycles. The number of hydrogen-bond acceptors (Lipinski definition) is 6. The highest BCUT2D eigenvalue weighted by molar-refractivity contribution is 6.15. The SMILES string of the molecule is COC(=O)c1ncn2c1C(=O)N(c1ccc(F)cc1C)C(C)(C(=O)NCc1ccccc1OC)C2. The lowest BCUT2D eigenvalue weighted by molar-refractivity contribution is -0.126. The maximum absolute atomic E-state index is 13.9. The van der Waals surface area contributed by atoms with Crippen LogP contribution in [0.2, 0.25) is 0 Å². The Balaban J connectivity index is 1.78. The third kappa shape index (κ3) is 4.11. The topological polar surface area (TPSA) is 103 Å². The van der Waals surface area contributed by atoms with E-state index >= 15 is 0 Å². The summed E-state index contributed by atoms with van der Waals surface area (Å²) in [5.74, 6) is -1.70. The van der Waals surface area contributed by atoms with E-state index in [2.05, 4.69) is 10.3 Å². The molecule has 0 fully saturated rings. The van der Waals surface area contributed by atoms with Crippen LogP contribution < -0.4 is 15.0 Å². The first-order chi connectivity index (χ1) is 16.7. The number of hydrogen-bond donors (Lipinski definition) is 1. The summed E-state index contributed by atoms with van der Waals surface area (Å²) in [5, 5.41) is 2.89. The molecular formula is C25H25FN4O5. The van der Waals surface area contributed by atoms with E-state index in [1.807, 2.05) is 18.2 Å². The number of imidazole rings is 1. The van der Waals surface area contributed by atoms with Gasteiger partial charge >= 0.3 is 5.97 Å². The molecule has 35 heavy (non-hydrogen) atoms. The molecule has 0 aliphatic carbocycles. The maximum atomic E-state index is 13.9. The number of aromatic nitrogens is 2. The van der Waals surface area contributed by atoms with E-state index in [0.717, 1.165) is 5.56 Å². The lowest BCUT2D eigenvalue weighted by Gasteiger charge is -2.44. The van der Waals surface area contributed by atoms with E-state index in [4.69, 9.17) is 9.47 Å². The monoisotopic (exact) mass is 480 g/mol. The third-order valence-corrected chi connectivity index (χ3v) is 6.11. The van der Waals surface area contributed by atoms with Gasteiger partial charge in [0.1, 0.15) is 22.8 Å². The summed E-state index contributed by atoms with van der Waals surface area (Å²) in [4.78, 5) is 45.1. The summed E-state index contributed by atoms with van der Waals surface area (Å²) in [5.41, 5.74) is -0.0310. The number of fused-ring (bicyclic) bond motifs is 1. The highest BCUT2D eigenvalue weighted by Crippen LogP contribution is 2.36. The maximum Gasteiger partial charge on any atom is 0.359 e. The van der Waals surface area contributed by atoms with Gasteiger partial charge in [-0.25, -0.2) is 14.2 Å². The first kappa shape index (κ1) is 23.9. The zero-order valence-corrected chi connectivity index (χ0v) is 19.8. The summed E-state index contributed by atoms with van der Waals surface area (Å²) in [7, 11) is 2.74. The number of nitrogens with one attached hydrogen (secondary N) is 1. The Labute approximate surface area is 201 Å². The lowest BCUT2D eigenvalue weighted by Crippen LogP contribution is -2.64. The molecular weight excluding hydrogens is 455 g/mol. The van der Waals surface area contributed by atoms with Crippen LogP contribution in [0.25, 0.3) is 0 Å². The van der Waals surface area contributed by atoms with Crippen LogP contribution in [0.15, 0.2) is 48.8 Å². The summed E-state index contributed by atoms with van der Waals surface area (Å²) in [6, 6.07) is 11.2. The Morgan fingerprint density at radius 2 is 1.94 bits per heavy atom. The van der Waals surface area contributed by atoms with Crippen molar-refractivity contribution in [1.29, 1.82) is 0 Å². The molecule has 0 spiro atoms. The van der Waals surface area contributed by atoms with Crippen LogP contribution in [0.4, 0.5) is 10.1 Å². The van der Waals surface area contributed by atoms with E-state index in [-0.39, 0.29) is 24.5 Å². The van der Waals surface area contributed by atoms with Gasteiger partial charge in [-0.05, 0) is 43.7 Å². The van der Waals surface area contributed by atoms with Gasteiger partial charge in [0.15, 0.2) is 5.69 Å². The number of para-hydroxylation sites is 1. The van der Waals surface area contributed by atoms with E-state index in [1.165, 1.54) is 41.1 Å². The molecule has 0 radical (unpaired) electrons. The molecule has 1 atom stereocenters. The molecule has 1 unspecified atom stereocenters. The average molecular weight is 480 g/mol. The van der Waals surface area contributed by atoms with Crippen molar-refractivity contribution < 1.29 is 28.2 Å². The first-order valence-electron chi connectivity index (χ1n) is 10.9. The minimum absolute atomic E-state index is 0.00409. The molecule has 2 heterocycles. The summed E-state index contributed by atoms with van der Waals surface area (Å²) >= 11 is 0. The largest absolute Gasteiger partial charge is 0.496 e. The quantitative estimate of drug-likeness (QED) is 0.545. The van der Waals surface area contributed by atoms with Crippen molar-refractivity contribution in [2.45, 2.75) is 32.5 Å². The van der Waals surface area contributed by atoms with Gasteiger partial charge in [0.05, 0.1) is 27.1 Å². The van der Waals surface area contributed by atoms with Crippen LogP contribution in [-0.2, 0) is 22.6 Å². The summed E-state index contributed by atoms with van der Waals surface area (Å²) < 4.78 is 25.5. The number of rotatable bonds is 6. The number of nitrogens with zero attached hydrogens (tertiary/aromatic N) is 3. The highest BCUT2D eigenvalue weighted by Gasteiger charge is 2.50. The van der Waals surface area contributed by atoms with Crippen LogP contribution in [0, 0.1) is 12.7 Å². The summed E-state index contributed by atoms with van der Waals surface area (Å²) in [6.07, 6.45) is 1.33. The van der Waals surface area contributed by atoms with Gasteiger partial charge in [-0.3, -0.25) is 14.5 Å². The van der Waals surface area contributed by atoms with Crippen LogP contribution in [0.5, 0.6) is 5.75 Å². The second-order valence-corrected chi connectivity index (χ2v) is 8.40. The minimum atomic E-state index is -1.43. The standard InChI is InChI=1S/C25H25FN4O5/c1-15-11-17(26)9-10-18(15)30-22(31)21-20(23(32)35-4)28-14-29(21)13-25(30,2)24(33)27-12-16-7-5-6-8-19(16)34-3/h5-11,14H,12-13H2,1-4H3,(H,27,33). The van der Waals surface area contributed by atoms with Crippen molar-refractivity contribution in [3.63, 3.8) is 0 Å². The number of anilines is 1. The van der Waals surface area contributed by atoms with Crippen LogP contribution >= 0.6 is 0 Å². The molecule has 0 saturated heterocycles. The number of methoxy groups -OCH3 is 2. The Morgan fingerprint density at radius 3 is 2.63 bits per heavy atom.